The van der Waals surface area contributed by atoms with Crippen molar-refractivity contribution in [2.75, 3.05) is 32.5 Å². The standard InChI is InChI=1S/C28H30F4N2O4S/c1-38-19-2-3-22-20(14-19)25(17(15-29)16-33-22)23(35)4-5-28(27(36)37)6-8-34(9-7-28)10-11-39-24-13-18(30)12-21(31)26(24)32/h2-3,12-14,16,23,35H,4-11,15H2,1H3,(H,36,37)/t23-/m1/s1. The molecular weight excluding hydrogens is 536 g/mol. The average molecular weight is 567 g/mol. The minimum atomic E-state index is -1.23. The van der Waals surface area contributed by atoms with Gasteiger partial charge in [-0.25, -0.2) is 17.6 Å². The summed E-state index contributed by atoms with van der Waals surface area (Å²) >= 11 is 1.00. The van der Waals surface area contributed by atoms with E-state index in [1.807, 2.05) is 4.90 Å². The smallest absolute Gasteiger partial charge is 0.309 e. The molecule has 210 valence electrons. The van der Waals surface area contributed by atoms with Crippen molar-refractivity contribution >= 4 is 28.6 Å². The maximum Gasteiger partial charge on any atom is 0.309 e. The Hall–Kier alpha value is -2.89. The van der Waals surface area contributed by atoms with E-state index in [4.69, 9.17) is 4.74 Å². The van der Waals surface area contributed by atoms with Crippen molar-refractivity contribution in [1.29, 1.82) is 0 Å². The van der Waals surface area contributed by atoms with Crippen LogP contribution in [0.1, 0.15) is 42.9 Å². The van der Waals surface area contributed by atoms with Crippen LogP contribution in [0.2, 0.25) is 0 Å². The highest BCUT2D eigenvalue weighted by Crippen LogP contribution is 2.40. The molecule has 0 spiro atoms. The van der Waals surface area contributed by atoms with Gasteiger partial charge in [0.15, 0.2) is 11.6 Å². The van der Waals surface area contributed by atoms with Gasteiger partial charge in [-0.15, -0.1) is 11.8 Å². The highest BCUT2D eigenvalue weighted by atomic mass is 32.2. The molecule has 1 aliphatic heterocycles. The van der Waals surface area contributed by atoms with Crippen LogP contribution < -0.4 is 4.74 Å². The Morgan fingerprint density at radius 1 is 1.21 bits per heavy atom. The van der Waals surface area contributed by atoms with Crippen LogP contribution in [-0.4, -0.2) is 58.6 Å². The van der Waals surface area contributed by atoms with Gasteiger partial charge in [-0.05, 0) is 68.6 Å². The van der Waals surface area contributed by atoms with Crippen molar-refractivity contribution in [1.82, 2.24) is 9.88 Å². The second kappa shape index (κ2) is 12.5. The number of alkyl halides is 1. The number of carboxylic acid groups (broad SMARTS) is 1. The Morgan fingerprint density at radius 2 is 1.95 bits per heavy atom. The predicted molar refractivity (Wildman–Crippen MR) is 140 cm³/mol. The first kappa shape index (κ1) is 29.1. The van der Waals surface area contributed by atoms with Crippen molar-refractivity contribution in [3.63, 3.8) is 0 Å². The number of hydrogen-bond donors (Lipinski definition) is 2. The first-order chi connectivity index (χ1) is 18.7. The van der Waals surface area contributed by atoms with E-state index in [-0.39, 0.29) is 23.3 Å². The number of aliphatic hydroxyl groups excluding tert-OH is 1. The number of benzene rings is 2. The van der Waals surface area contributed by atoms with Crippen molar-refractivity contribution in [2.24, 2.45) is 5.41 Å². The molecule has 1 saturated heterocycles. The molecule has 4 rings (SSSR count). The maximum atomic E-state index is 13.9. The number of fused-ring (bicyclic) bond motifs is 1. The summed E-state index contributed by atoms with van der Waals surface area (Å²) in [7, 11) is 1.50. The Morgan fingerprint density at radius 3 is 2.62 bits per heavy atom. The SMILES string of the molecule is COc1ccc2ncc(CF)c([C@H](O)CCC3(C(=O)O)CCN(CCSc4cc(F)cc(F)c4F)CC3)c2c1. The number of aliphatic carboxylic acids is 1. The Kier molecular flexibility index (Phi) is 9.35. The number of aliphatic hydroxyl groups is 1. The first-order valence-corrected chi connectivity index (χ1v) is 13.6. The number of methoxy groups -OCH3 is 1. The number of carbonyl (C=O) groups is 1. The number of likely N-dealkylation sites (tertiary alicyclic amines) is 1. The molecule has 0 bridgehead atoms. The minimum absolute atomic E-state index is 0.104. The van der Waals surface area contributed by atoms with Gasteiger partial charge in [-0.2, -0.15) is 0 Å². The van der Waals surface area contributed by atoms with E-state index in [0.29, 0.717) is 66.5 Å². The summed E-state index contributed by atoms with van der Waals surface area (Å²) in [6, 6.07) is 6.58. The van der Waals surface area contributed by atoms with Gasteiger partial charge in [-0.1, -0.05) is 0 Å². The van der Waals surface area contributed by atoms with Gasteiger partial charge >= 0.3 is 5.97 Å². The molecule has 0 unspecified atom stereocenters. The maximum absolute atomic E-state index is 13.9. The van der Waals surface area contributed by atoms with E-state index in [9.17, 15) is 32.6 Å². The van der Waals surface area contributed by atoms with Crippen LogP contribution in [0.4, 0.5) is 17.6 Å². The molecule has 1 atom stereocenters. The van der Waals surface area contributed by atoms with Gasteiger partial charge in [0, 0.05) is 40.4 Å². The Bertz CT molecular complexity index is 1330. The van der Waals surface area contributed by atoms with Gasteiger partial charge in [0.25, 0.3) is 0 Å². The molecule has 0 radical (unpaired) electrons. The molecule has 11 heteroatoms. The zero-order valence-electron chi connectivity index (χ0n) is 21.4. The van der Waals surface area contributed by atoms with E-state index < -0.39 is 41.6 Å². The first-order valence-electron chi connectivity index (χ1n) is 12.6. The number of thioether (sulfide) groups is 1. The number of rotatable bonds is 11. The summed E-state index contributed by atoms with van der Waals surface area (Å²) < 4.78 is 59.8. The van der Waals surface area contributed by atoms with Crippen LogP contribution in [0, 0.1) is 22.9 Å². The summed E-state index contributed by atoms with van der Waals surface area (Å²) in [4.78, 5) is 18.5. The number of aromatic nitrogens is 1. The minimum Gasteiger partial charge on any atom is -0.497 e. The number of pyridine rings is 1. The Balaban J connectivity index is 1.39. The summed E-state index contributed by atoms with van der Waals surface area (Å²) in [6.07, 6.45) is 1.28. The van der Waals surface area contributed by atoms with Crippen molar-refractivity contribution in [3.05, 3.63) is 65.1 Å². The fourth-order valence-electron chi connectivity index (χ4n) is 5.12. The van der Waals surface area contributed by atoms with Crippen molar-refractivity contribution in [3.8, 4) is 5.75 Å². The predicted octanol–water partition coefficient (Wildman–Crippen LogP) is 5.90. The molecule has 1 aliphatic rings. The van der Waals surface area contributed by atoms with Gasteiger partial charge in [0.1, 0.15) is 18.2 Å². The number of hydrogen-bond acceptors (Lipinski definition) is 6. The van der Waals surface area contributed by atoms with Crippen molar-refractivity contribution in [2.45, 2.75) is 43.4 Å². The second-order valence-electron chi connectivity index (χ2n) is 9.74. The average Bonchev–Trinajstić information content (AvgIpc) is 2.93. The van der Waals surface area contributed by atoms with Crippen LogP contribution in [-0.2, 0) is 11.5 Å². The van der Waals surface area contributed by atoms with E-state index in [2.05, 4.69) is 4.98 Å². The highest BCUT2D eigenvalue weighted by molar-refractivity contribution is 7.99. The van der Waals surface area contributed by atoms with Gasteiger partial charge in [-0.3, -0.25) is 9.78 Å². The monoisotopic (exact) mass is 566 g/mol. The summed E-state index contributed by atoms with van der Waals surface area (Å²) in [6.45, 7) is 0.600. The lowest BCUT2D eigenvalue weighted by Gasteiger charge is -2.39. The number of piperidine rings is 1. The molecule has 0 amide bonds. The molecule has 39 heavy (non-hydrogen) atoms. The van der Waals surface area contributed by atoms with E-state index >= 15 is 0 Å². The van der Waals surface area contributed by atoms with Crippen LogP contribution in [0.5, 0.6) is 5.75 Å². The number of nitrogens with zero attached hydrogens (tertiary/aromatic N) is 2. The van der Waals surface area contributed by atoms with E-state index in [1.54, 1.807) is 18.2 Å². The summed E-state index contributed by atoms with van der Waals surface area (Å²) in [5.74, 6) is -3.20. The third-order valence-corrected chi connectivity index (χ3v) is 8.46. The van der Waals surface area contributed by atoms with Crippen LogP contribution in [0.25, 0.3) is 10.9 Å². The van der Waals surface area contributed by atoms with Gasteiger partial charge in [0.2, 0.25) is 0 Å². The lowest BCUT2D eigenvalue weighted by atomic mass is 9.74. The molecule has 2 aromatic carbocycles. The van der Waals surface area contributed by atoms with Crippen molar-refractivity contribution < 1.29 is 37.3 Å². The number of carboxylic acids is 1. The lowest BCUT2D eigenvalue weighted by Crippen LogP contribution is -2.45. The Labute approximate surface area is 228 Å². The molecule has 1 aromatic heterocycles. The largest absolute Gasteiger partial charge is 0.497 e. The number of ether oxygens (including phenoxy) is 1. The van der Waals surface area contributed by atoms with Crippen LogP contribution >= 0.6 is 11.8 Å². The molecule has 6 nitrogen and oxygen atoms in total. The fraction of sp³-hybridized carbons (Fsp3) is 0.429. The van der Waals surface area contributed by atoms with E-state index in [0.717, 1.165) is 17.8 Å². The van der Waals surface area contributed by atoms with Crippen LogP contribution in [0.3, 0.4) is 0 Å². The van der Waals surface area contributed by atoms with E-state index in [1.165, 1.54) is 13.3 Å². The molecule has 3 aromatic rings. The second-order valence-corrected chi connectivity index (χ2v) is 10.9. The fourth-order valence-corrected chi connectivity index (χ4v) is 6.10. The molecule has 2 N–H and O–H groups in total. The topological polar surface area (TPSA) is 82.9 Å². The third kappa shape index (κ3) is 6.47. The molecular formula is C28H30F4N2O4S. The quantitative estimate of drug-likeness (QED) is 0.170. The molecule has 1 fully saturated rings. The highest BCUT2D eigenvalue weighted by Gasteiger charge is 2.41. The van der Waals surface area contributed by atoms with Gasteiger partial charge in [0.05, 0.1) is 24.1 Å². The number of halogens is 4. The summed E-state index contributed by atoms with van der Waals surface area (Å²) in [5, 5.41) is 21.8. The lowest BCUT2D eigenvalue weighted by molar-refractivity contribution is -0.153. The zero-order valence-corrected chi connectivity index (χ0v) is 22.2. The zero-order chi connectivity index (χ0) is 28.2. The third-order valence-electron chi connectivity index (χ3n) is 7.46. The molecule has 0 saturated carbocycles. The molecule has 2 heterocycles. The van der Waals surface area contributed by atoms with Crippen LogP contribution in [0.15, 0.2) is 41.4 Å². The van der Waals surface area contributed by atoms with Gasteiger partial charge < -0.3 is 19.8 Å². The molecule has 0 aliphatic carbocycles. The summed E-state index contributed by atoms with van der Waals surface area (Å²) in [5.41, 5.74) is 0.146. The normalized spacial score (nSPS) is 16.4.